The molecule has 0 aliphatic rings. The summed E-state index contributed by atoms with van der Waals surface area (Å²) in [6, 6.07) is 9.65. The molecule has 0 aliphatic heterocycles. The number of nitrogens with zero attached hydrogens (tertiary/aromatic N) is 1. The molecule has 2 aromatic carbocycles. The topological polar surface area (TPSA) is 97.4 Å². The van der Waals surface area contributed by atoms with Crippen molar-refractivity contribution in [2.75, 3.05) is 12.4 Å². The zero-order chi connectivity index (χ0) is 20.3. The summed E-state index contributed by atoms with van der Waals surface area (Å²) in [4.78, 5) is 16.3. The lowest BCUT2D eigenvalue weighted by Gasteiger charge is -2.07. The number of sulfonamides is 1. The number of carbonyl (C=O) groups excluding carboxylic acids is 1. The highest BCUT2D eigenvalue weighted by atomic mass is 35.5. The van der Waals surface area contributed by atoms with E-state index in [4.69, 9.17) is 27.9 Å². The molecule has 0 saturated carbocycles. The number of rotatable bonds is 5. The van der Waals surface area contributed by atoms with Crippen molar-refractivity contribution in [3.05, 3.63) is 57.9 Å². The van der Waals surface area contributed by atoms with Gasteiger partial charge in [0.15, 0.2) is 5.13 Å². The number of carbonyl (C=O) groups is 1. The maximum atomic E-state index is 12.3. The second kappa shape index (κ2) is 8.36. The monoisotopic (exact) mass is 457 g/mol. The number of hydrogen-bond acceptors (Lipinski definition) is 6. The summed E-state index contributed by atoms with van der Waals surface area (Å²) in [5, 5.41) is 5.19. The first-order chi connectivity index (χ1) is 13.3. The number of amides is 2. The Hall–Kier alpha value is -2.33. The minimum Gasteiger partial charge on any atom is -0.497 e. The quantitative estimate of drug-likeness (QED) is 0.581. The highest BCUT2D eigenvalue weighted by Crippen LogP contribution is 2.32. The summed E-state index contributed by atoms with van der Waals surface area (Å²) in [6.07, 6.45) is 0. The fourth-order valence-electron chi connectivity index (χ4n) is 2.21. The van der Waals surface area contributed by atoms with Gasteiger partial charge in [-0.1, -0.05) is 23.2 Å². The lowest BCUT2D eigenvalue weighted by atomic mass is 10.2. The van der Waals surface area contributed by atoms with Gasteiger partial charge in [0.1, 0.15) is 5.75 Å². The average molecular weight is 458 g/mol. The van der Waals surface area contributed by atoms with Gasteiger partial charge in [-0.05, 0) is 42.5 Å². The molecule has 0 aliphatic carbocycles. The van der Waals surface area contributed by atoms with E-state index in [1.807, 2.05) is 4.72 Å². The Balaban J connectivity index is 1.70. The van der Waals surface area contributed by atoms with Gasteiger partial charge in [0.25, 0.3) is 10.0 Å². The Morgan fingerprint density at radius 3 is 2.50 bits per heavy atom. The van der Waals surface area contributed by atoms with Crippen LogP contribution in [0, 0.1) is 0 Å². The van der Waals surface area contributed by atoms with Crippen LogP contribution >= 0.6 is 34.5 Å². The van der Waals surface area contributed by atoms with Crippen LogP contribution in [0.5, 0.6) is 5.75 Å². The predicted molar refractivity (Wildman–Crippen MR) is 110 cm³/mol. The van der Waals surface area contributed by atoms with Crippen molar-refractivity contribution in [1.82, 2.24) is 9.71 Å². The SMILES string of the molecule is COc1ccc(S(=O)(=O)NC(=O)Nc2nc(-c3ccc(Cl)cc3Cl)cs2)cc1. The minimum absolute atomic E-state index is 0.0729. The lowest BCUT2D eigenvalue weighted by Crippen LogP contribution is -2.34. The molecule has 2 amide bonds. The molecule has 2 N–H and O–H groups in total. The second-order valence-corrected chi connectivity index (χ2v) is 8.78. The van der Waals surface area contributed by atoms with E-state index < -0.39 is 16.1 Å². The van der Waals surface area contributed by atoms with E-state index in [0.29, 0.717) is 27.1 Å². The van der Waals surface area contributed by atoms with Crippen LogP contribution in [0.3, 0.4) is 0 Å². The fraction of sp³-hybridized carbons (Fsp3) is 0.0588. The van der Waals surface area contributed by atoms with Gasteiger partial charge >= 0.3 is 6.03 Å². The molecule has 1 heterocycles. The van der Waals surface area contributed by atoms with Gasteiger partial charge < -0.3 is 4.74 Å². The van der Waals surface area contributed by atoms with E-state index in [0.717, 1.165) is 11.3 Å². The van der Waals surface area contributed by atoms with Crippen molar-refractivity contribution in [3.63, 3.8) is 0 Å². The van der Waals surface area contributed by atoms with Crippen LogP contribution in [-0.2, 0) is 10.0 Å². The number of nitrogens with one attached hydrogen (secondary N) is 2. The van der Waals surface area contributed by atoms with E-state index in [2.05, 4.69) is 10.3 Å². The number of ether oxygens (including phenoxy) is 1. The molecule has 0 fully saturated rings. The molecule has 0 spiro atoms. The van der Waals surface area contributed by atoms with E-state index >= 15 is 0 Å². The first-order valence-corrected chi connectivity index (χ1v) is 10.8. The van der Waals surface area contributed by atoms with Crippen LogP contribution in [0.25, 0.3) is 11.3 Å². The molecule has 11 heteroatoms. The summed E-state index contributed by atoms with van der Waals surface area (Å²) >= 11 is 13.2. The van der Waals surface area contributed by atoms with E-state index in [-0.39, 0.29) is 10.0 Å². The minimum atomic E-state index is -4.04. The van der Waals surface area contributed by atoms with Crippen LogP contribution in [0.15, 0.2) is 52.7 Å². The lowest BCUT2D eigenvalue weighted by molar-refractivity contribution is 0.256. The second-order valence-electron chi connectivity index (χ2n) is 5.40. The van der Waals surface area contributed by atoms with Gasteiger partial charge in [0.2, 0.25) is 0 Å². The largest absolute Gasteiger partial charge is 0.497 e. The summed E-state index contributed by atoms with van der Waals surface area (Å²) < 4.78 is 31.5. The zero-order valence-corrected chi connectivity index (χ0v) is 17.4. The molecule has 0 atom stereocenters. The van der Waals surface area contributed by atoms with Crippen LogP contribution in [0.1, 0.15) is 0 Å². The Kier molecular flexibility index (Phi) is 6.09. The van der Waals surface area contributed by atoms with Crippen LogP contribution in [-0.4, -0.2) is 26.5 Å². The number of anilines is 1. The smallest absolute Gasteiger partial charge is 0.334 e. The number of methoxy groups -OCH3 is 1. The molecule has 0 saturated heterocycles. The van der Waals surface area contributed by atoms with Crippen molar-refractivity contribution in [2.45, 2.75) is 4.90 Å². The first-order valence-electron chi connectivity index (χ1n) is 7.67. The van der Waals surface area contributed by atoms with Crippen molar-refractivity contribution < 1.29 is 17.9 Å². The number of benzene rings is 2. The molecule has 1 aromatic heterocycles. The molecule has 7 nitrogen and oxygen atoms in total. The van der Waals surface area contributed by atoms with Crippen molar-refractivity contribution in [2.24, 2.45) is 0 Å². The molecule has 0 bridgehead atoms. The van der Waals surface area contributed by atoms with Gasteiger partial charge in [0.05, 0.1) is 22.7 Å². The van der Waals surface area contributed by atoms with Gasteiger partial charge in [-0.3, -0.25) is 5.32 Å². The third-order valence-electron chi connectivity index (χ3n) is 3.53. The fourth-order valence-corrected chi connectivity index (χ4v) is 4.33. The van der Waals surface area contributed by atoms with Crippen LogP contribution in [0.4, 0.5) is 9.93 Å². The Morgan fingerprint density at radius 2 is 1.86 bits per heavy atom. The summed E-state index contributed by atoms with van der Waals surface area (Å²) in [7, 11) is -2.57. The molecule has 0 radical (unpaired) electrons. The standard InChI is InChI=1S/C17H13Cl2N3O4S2/c1-26-11-3-5-12(6-4-11)28(24,25)22-16(23)21-17-20-15(9-27-17)13-7-2-10(18)8-14(13)19/h2-9H,1H3,(H2,20,21,22,23). The van der Waals surface area contributed by atoms with Gasteiger partial charge in [0, 0.05) is 16.0 Å². The number of urea groups is 1. The maximum absolute atomic E-state index is 12.3. The number of halogens is 2. The van der Waals surface area contributed by atoms with Crippen molar-refractivity contribution >= 4 is 55.7 Å². The Morgan fingerprint density at radius 1 is 1.14 bits per heavy atom. The number of aromatic nitrogens is 1. The highest BCUT2D eigenvalue weighted by molar-refractivity contribution is 7.90. The zero-order valence-electron chi connectivity index (χ0n) is 14.3. The first kappa shape index (κ1) is 20.4. The number of thiazole rings is 1. The van der Waals surface area contributed by atoms with Crippen LogP contribution < -0.4 is 14.8 Å². The summed E-state index contributed by atoms with van der Waals surface area (Å²) in [6.45, 7) is 0. The predicted octanol–water partition coefficient (Wildman–Crippen LogP) is 4.64. The maximum Gasteiger partial charge on any atom is 0.334 e. The van der Waals surface area contributed by atoms with Crippen molar-refractivity contribution in [1.29, 1.82) is 0 Å². The molecule has 146 valence electrons. The molecular formula is C17H13Cl2N3O4S2. The van der Waals surface area contributed by atoms with Crippen LogP contribution in [0.2, 0.25) is 10.0 Å². The molecule has 0 unspecified atom stereocenters. The highest BCUT2D eigenvalue weighted by Gasteiger charge is 2.19. The average Bonchev–Trinajstić information content (AvgIpc) is 3.09. The van der Waals surface area contributed by atoms with Crippen molar-refractivity contribution in [3.8, 4) is 17.0 Å². The molecular weight excluding hydrogens is 445 g/mol. The number of hydrogen-bond donors (Lipinski definition) is 2. The van der Waals surface area contributed by atoms with Gasteiger partial charge in [-0.2, -0.15) is 0 Å². The summed E-state index contributed by atoms with van der Waals surface area (Å²) in [5.74, 6) is 0.500. The molecule has 28 heavy (non-hydrogen) atoms. The van der Waals surface area contributed by atoms with Gasteiger partial charge in [-0.25, -0.2) is 22.9 Å². The Bertz CT molecular complexity index is 1120. The normalized spacial score (nSPS) is 11.1. The van der Waals surface area contributed by atoms with E-state index in [9.17, 15) is 13.2 Å². The molecule has 3 aromatic rings. The van der Waals surface area contributed by atoms with E-state index in [1.54, 1.807) is 23.6 Å². The third-order valence-corrected chi connectivity index (χ3v) is 6.18. The summed E-state index contributed by atoms with van der Waals surface area (Å²) in [5.41, 5.74) is 1.17. The Labute approximate surface area is 175 Å². The van der Waals surface area contributed by atoms with Gasteiger partial charge in [-0.15, -0.1) is 11.3 Å². The third kappa shape index (κ3) is 4.74. The molecule has 3 rings (SSSR count). The van der Waals surface area contributed by atoms with E-state index in [1.165, 1.54) is 31.4 Å².